The molecule has 2 aromatic carbocycles. The van der Waals surface area contributed by atoms with Crippen molar-refractivity contribution >= 4 is 28.4 Å². The Morgan fingerprint density at radius 2 is 1.77 bits per heavy atom. The van der Waals surface area contributed by atoms with Gasteiger partial charge >= 0.3 is 0 Å². The number of fused-ring (bicyclic) bond motifs is 1. The van der Waals surface area contributed by atoms with Crippen LogP contribution in [-0.4, -0.2) is 19.5 Å². The van der Waals surface area contributed by atoms with Crippen molar-refractivity contribution in [1.82, 2.24) is 0 Å². The molecule has 1 N–H and O–H groups in total. The Hall–Kier alpha value is -2.88. The molecule has 3 rings (SSSR count). The van der Waals surface area contributed by atoms with Gasteiger partial charge in [0.15, 0.2) is 0 Å². The van der Waals surface area contributed by atoms with Crippen LogP contribution in [-0.2, 0) is 4.79 Å². The van der Waals surface area contributed by atoms with Crippen LogP contribution in [0.15, 0.2) is 48.6 Å². The highest BCUT2D eigenvalue weighted by Crippen LogP contribution is 2.35. The molecule has 0 spiro atoms. The number of nitrogens with one attached hydrogen (secondary N) is 1. The number of anilines is 2. The maximum atomic E-state index is 13.7. The summed E-state index contributed by atoms with van der Waals surface area (Å²) in [7, 11) is 1.80. The first-order valence-corrected chi connectivity index (χ1v) is 11.1. The van der Waals surface area contributed by atoms with E-state index in [-0.39, 0.29) is 11.7 Å². The van der Waals surface area contributed by atoms with Crippen molar-refractivity contribution in [2.24, 2.45) is 0 Å². The Bertz CT molecular complexity index is 973. The number of unbranched alkanes of at least 4 members (excludes halogenated alkanes) is 1. The maximum Gasteiger partial charge on any atom is 0.246 e. The van der Waals surface area contributed by atoms with E-state index in [2.05, 4.69) is 51.2 Å². The lowest BCUT2D eigenvalue weighted by Gasteiger charge is -2.27. The second-order valence-corrected chi connectivity index (χ2v) is 7.85. The molecule has 0 saturated heterocycles. The van der Waals surface area contributed by atoms with Crippen LogP contribution in [0.3, 0.4) is 0 Å². The summed E-state index contributed by atoms with van der Waals surface area (Å²) in [6.45, 7) is 10.6. The van der Waals surface area contributed by atoms with Crippen LogP contribution >= 0.6 is 0 Å². The smallest absolute Gasteiger partial charge is 0.246 e. The fourth-order valence-electron chi connectivity index (χ4n) is 3.26. The topological polar surface area (TPSA) is 32.3 Å². The predicted octanol–water partition coefficient (Wildman–Crippen LogP) is 7.23. The van der Waals surface area contributed by atoms with E-state index in [9.17, 15) is 9.18 Å². The highest BCUT2D eigenvalue weighted by molar-refractivity contribution is 6.04. The van der Waals surface area contributed by atoms with E-state index in [0.29, 0.717) is 12.1 Å². The fourth-order valence-corrected chi connectivity index (χ4v) is 3.26. The summed E-state index contributed by atoms with van der Waals surface area (Å²) in [6, 6.07) is 11.3. The van der Waals surface area contributed by atoms with Gasteiger partial charge in [0.25, 0.3) is 0 Å². The number of rotatable bonds is 5. The minimum absolute atomic E-state index is 0.0418. The van der Waals surface area contributed by atoms with Gasteiger partial charge in [-0.15, -0.1) is 0 Å². The van der Waals surface area contributed by atoms with Gasteiger partial charge in [-0.1, -0.05) is 57.9 Å². The molecule has 1 amide bonds. The predicted molar refractivity (Wildman–Crippen MR) is 132 cm³/mol. The summed E-state index contributed by atoms with van der Waals surface area (Å²) in [5.74, 6) is -0.155. The summed E-state index contributed by atoms with van der Waals surface area (Å²) in [4.78, 5) is 13.7. The van der Waals surface area contributed by atoms with Crippen molar-refractivity contribution < 1.29 is 9.18 Å². The van der Waals surface area contributed by atoms with Crippen LogP contribution in [0.25, 0.3) is 11.1 Å². The Morgan fingerprint density at radius 3 is 2.39 bits per heavy atom. The molecular weight excluding hydrogens is 387 g/mol. The molecule has 0 radical (unpaired) electrons. The third kappa shape index (κ3) is 6.06. The molecule has 166 valence electrons. The summed E-state index contributed by atoms with van der Waals surface area (Å²) in [5, 5.41) is 3.16. The van der Waals surface area contributed by atoms with Gasteiger partial charge in [-0.3, -0.25) is 4.79 Å². The molecular formula is C27H35FN2O. The lowest BCUT2D eigenvalue weighted by atomic mass is 9.93. The van der Waals surface area contributed by atoms with Crippen LogP contribution in [0.1, 0.15) is 63.6 Å². The fraction of sp³-hybridized carbons (Fsp3) is 0.370. The van der Waals surface area contributed by atoms with Crippen molar-refractivity contribution in [3.8, 4) is 0 Å². The number of hydrogen-bond acceptors (Lipinski definition) is 2. The lowest BCUT2D eigenvalue weighted by molar-refractivity contribution is -0.116. The van der Waals surface area contributed by atoms with E-state index in [0.717, 1.165) is 40.1 Å². The number of aryl methyl sites for hydroxylation is 1. The number of allylic oxidation sites excluding steroid dienone is 4. The van der Waals surface area contributed by atoms with E-state index in [1.165, 1.54) is 18.9 Å². The molecule has 0 bridgehead atoms. The van der Waals surface area contributed by atoms with E-state index in [1.54, 1.807) is 18.9 Å². The molecule has 31 heavy (non-hydrogen) atoms. The molecule has 0 aliphatic carbocycles. The average molecular weight is 423 g/mol. The quantitative estimate of drug-likeness (QED) is 0.407. The largest absolute Gasteiger partial charge is 0.374 e. The Labute approximate surface area is 186 Å². The number of benzene rings is 2. The van der Waals surface area contributed by atoms with Crippen LogP contribution < -0.4 is 10.2 Å². The van der Waals surface area contributed by atoms with Crippen LogP contribution in [0.5, 0.6) is 0 Å². The zero-order chi connectivity index (χ0) is 23.0. The molecule has 1 aliphatic heterocycles. The van der Waals surface area contributed by atoms with Crippen LogP contribution in [0.4, 0.5) is 15.8 Å². The van der Waals surface area contributed by atoms with Crippen LogP contribution in [0, 0.1) is 12.7 Å². The van der Waals surface area contributed by atoms with Gasteiger partial charge in [0, 0.05) is 7.05 Å². The maximum absolute atomic E-state index is 13.7. The van der Waals surface area contributed by atoms with Gasteiger partial charge < -0.3 is 10.2 Å². The van der Waals surface area contributed by atoms with Crippen molar-refractivity contribution in [1.29, 1.82) is 0 Å². The SMILES string of the molecule is CC/C=C\C(=C(/C)c1ccc(F)c(C)c1)c1ccc2c(c1)N(C)C(=O)CN2.CCCC. The summed E-state index contributed by atoms with van der Waals surface area (Å²) in [6.07, 6.45) is 7.78. The Balaban J connectivity index is 0.000000785. The van der Waals surface area contributed by atoms with E-state index in [1.807, 2.05) is 24.3 Å². The van der Waals surface area contributed by atoms with E-state index >= 15 is 0 Å². The van der Waals surface area contributed by atoms with E-state index in [4.69, 9.17) is 0 Å². The minimum Gasteiger partial charge on any atom is -0.374 e. The number of nitrogens with zero attached hydrogens (tertiary/aromatic N) is 1. The number of halogens is 1. The molecule has 0 unspecified atom stereocenters. The number of likely N-dealkylation sites (N-methyl/N-ethyl adjacent to an activating group) is 1. The molecule has 1 heterocycles. The summed E-state index contributed by atoms with van der Waals surface area (Å²) >= 11 is 0. The normalized spacial score (nSPS) is 13.9. The standard InChI is InChI=1S/C23H25FN2O.C4H10/c1-5-6-7-19(16(3)17-8-10-20(24)15(2)12-17)18-9-11-21-22(13-18)26(4)23(27)14-25-21;1-3-4-2/h6-13,25H,5,14H2,1-4H3;3-4H2,1-2H3/b7-6-,19-16-;. The first kappa shape index (κ1) is 24.4. The van der Waals surface area contributed by atoms with E-state index < -0.39 is 0 Å². The number of carbonyl (C=O) groups excluding carboxylic acids is 1. The van der Waals surface area contributed by atoms with Crippen LogP contribution in [0.2, 0.25) is 0 Å². The van der Waals surface area contributed by atoms with Crippen molar-refractivity contribution in [2.45, 2.75) is 53.9 Å². The van der Waals surface area contributed by atoms with Gasteiger partial charge in [0.2, 0.25) is 5.91 Å². The molecule has 2 aromatic rings. The zero-order valence-corrected chi connectivity index (χ0v) is 19.7. The van der Waals surface area contributed by atoms with Crippen molar-refractivity contribution in [3.63, 3.8) is 0 Å². The highest BCUT2D eigenvalue weighted by atomic mass is 19.1. The van der Waals surface area contributed by atoms with Gasteiger partial charge in [0.05, 0.1) is 17.9 Å². The molecule has 0 atom stereocenters. The molecule has 0 fully saturated rings. The molecule has 4 heteroatoms. The summed E-state index contributed by atoms with van der Waals surface area (Å²) < 4.78 is 13.7. The van der Waals surface area contributed by atoms with Gasteiger partial charge in [-0.05, 0) is 72.4 Å². The third-order valence-corrected chi connectivity index (χ3v) is 5.49. The second kappa shape index (κ2) is 11.5. The molecule has 3 nitrogen and oxygen atoms in total. The van der Waals surface area contributed by atoms with Gasteiger partial charge in [0.1, 0.15) is 5.82 Å². The van der Waals surface area contributed by atoms with Crippen molar-refractivity contribution in [2.75, 3.05) is 23.8 Å². The Morgan fingerprint density at radius 1 is 1.10 bits per heavy atom. The molecule has 0 saturated carbocycles. The lowest BCUT2D eigenvalue weighted by Crippen LogP contribution is -2.36. The van der Waals surface area contributed by atoms with Crippen molar-refractivity contribution in [3.05, 3.63) is 71.1 Å². The number of amides is 1. The number of carbonyl (C=O) groups is 1. The van der Waals surface area contributed by atoms with Gasteiger partial charge in [-0.2, -0.15) is 0 Å². The average Bonchev–Trinajstić information content (AvgIpc) is 2.78. The highest BCUT2D eigenvalue weighted by Gasteiger charge is 2.21. The Kier molecular flexibility index (Phi) is 9.04. The third-order valence-electron chi connectivity index (χ3n) is 5.49. The monoisotopic (exact) mass is 422 g/mol. The minimum atomic E-state index is -0.197. The number of hydrogen-bond donors (Lipinski definition) is 1. The first-order chi connectivity index (χ1) is 14.8. The molecule has 0 aromatic heterocycles. The molecule has 1 aliphatic rings. The second-order valence-electron chi connectivity index (χ2n) is 7.85. The van der Waals surface area contributed by atoms with Gasteiger partial charge in [-0.25, -0.2) is 4.39 Å². The first-order valence-electron chi connectivity index (χ1n) is 11.1. The zero-order valence-electron chi connectivity index (χ0n) is 19.7. The summed E-state index contributed by atoms with van der Waals surface area (Å²) in [5.41, 5.74) is 6.61.